The molecule has 0 fully saturated rings. The summed E-state index contributed by atoms with van der Waals surface area (Å²) in [5.74, 6) is 0. The van der Waals surface area contributed by atoms with Crippen LogP contribution in [0, 0.1) is 0 Å². The Morgan fingerprint density at radius 1 is 0.952 bits per heavy atom. The minimum absolute atomic E-state index is 0.222. The Morgan fingerprint density at radius 3 is 1.86 bits per heavy atom. The maximum absolute atomic E-state index is 3.74. The van der Waals surface area contributed by atoms with Crippen LogP contribution in [0.4, 0.5) is 0 Å². The van der Waals surface area contributed by atoms with E-state index in [1.165, 1.54) is 24.0 Å². The Labute approximate surface area is 131 Å². The van der Waals surface area contributed by atoms with Crippen molar-refractivity contribution in [1.29, 1.82) is 0 Å². The normalized spacial score (nSPS) is 13.7. The van der Waals surface area contributed by atoms with Crippen LogP contribution in [0.3, 0.4) is 0 Å². The highest BCUT2D eigenvalue weighted by molar-refractivity contribution is 5.24. The average Bonchev–Trinajstić information content (AvgIpc) is 2.49. The van der Waals surface area contributed by atoms with E-state index < -0.39 is 0 Å². The molecule has 1 aromatic carbocycles. The highest BCUT2D eigenvalue weighted by Gasteiger charge is 2.37. The zero-order chi connectivity index (χ0) is 15.9. The first-order chi connectivity index (χ1) is 10.0. The molecule has 2 heteroatoms. The van der Waals surface area contributed by atoms with Gasteiger partial charge in [0.05, 0.1) is 0 Å². The van der Waals surface area contributed by atoms with Gasteiger partial charge in [-0.25, -0.2) is 0 Å². The van der Waals surface area contributed by atoms with Crippen molar-refractivity contribution in [1.82, 2.24) is 10.2 Å². The molecule has 21 heavy (non-hydrogen) atoms. The van der Waals surface area contributed by atoms with Crippen molar-refractivity contribution in [2.75, 3.05) is 20.6 Å². The summed E-state index contributed by atoms with van der Waals surface area (Å²) >= 11 is 0. The maximum atomic E-state index is 3.74. The number of nitrogens with zero attached hydrogens (tertiary/aromatic N) is 1. The van der Waals surface area contributed by atoms with Crippen LogP contribution in [-0.4, -0.2) is 37.1 Å². The minimum Gasteiger partial charge on any atom is -0.312 e. The molecule has 120 valence electrons. The van der Waals surface area contributed by atoms with Crippen LogP contribution in [0.1, 0.15) is 51.7 Å². The van der Waals surface area contributed by atoms with Gasteiger partial charge in [-0.2, -0.15) is 0 Å². The minimum atomic E-state index is 0.222. The molecule has 0 aromatic heterocycles. The fourth-order valence-corrected chi connectivity index (χ4v) is 3.53. The molecule has 0 bridgehead atoms. The van der Waals surface area contributed by atoms with Gasteiger partial charge in [-0.05, 0) is 57.5 Å². The fourth-order valence-electron chi connectivity index (χ4n) is 3.53. The lowest BCUT2D eigenvalue weighted by Crippen LogP contribution is -2.59. The van der Waals surface area contributed by atoms with E-state index in [0.29, 0.717) is 6.04 Å². The molecule has 1 N–H and O–H groups in total. The predicted octanol–water partition coefficient (Wildman–Crippen LogP) is 3.89. The van der Waals surface area contributed by atoms with E-state index in [1.54, 1.807) is 0 Å². The Morgan fingerprint density at radius 2 is 1.48 bits per heavy atom. The van der Waals surface area contributed by atoms with Gasteiger partial charge in [0.1, 0.15) is 0 Å². The lowest BCUT2D eigenvalue weighted by Gasteiger charge is -2.45. The molecule has 0 saturated carbocycles. The van der Waals surface area contributed by atoms with Crippen molar-refractivity contribution in [3.63, 3.8) is 0 Å². The smallest absolute Gasteiger partial charge is 0.0354 e. The van der Waals surface area contributed by atoms with Gasteiger partial charge in [0.25, 0.3) is 0 Å². The number of rotatable bonds is 9. The molecule has 0 amide bonds. The number of aryl methyl sites for hydroxylation is 1. The summed E-state index contributed by atoms with van der Waals surface area (Å²) in [6.45, 7) is 10.1. The molecule has 1 atom stereocenters. The van der Waals surface area contributed by atoms with Crippen LogP contribution in [0.15, 0.2) is 24.3 Å². The standard InChI is InChI=1S/C19H34N2/c1-7-16-11-13-17(14-12-16)15-18(20-10-4)19(8-2,9-3)21(5)6/h11-14,18,20H,7-10,15H2,1-6H3. The first-order valence-electron chi connectivity index (χ1n) is 8.52. The number of benzene rings is 1. The van der Waals surface area contributed by atoms with Crippen LogP contribution in [0.2, 0.25) is 0 Å². The Bertz CT molecular complexity index is 391. The molecule has 1 aromatic rings. The summed E-state index contributed by atoms with van der Waals surface area (Å²) in [5.41, 5.74) is 3.08. The molecule has 1 rings (SSSR count). The summed E-state index contributed by atoms with van der Waals surface area (Å²) in [5, 5.41) is 3.74. The summed E-state index contributed by atoms with van der Waals surface area (Å²) < 4.78 is 0. The molecule has 0 aliphatic rings. The van der Waals surface area contributed by atoms with Crippen LogP contribution >= 0.6 is 0 Å². The second-order valence-electron chi connectivity index (χ2n) is 6.19. The first kappa shape index (κ1) is 18.2. The van der Waals surface area contributed by atoms with Gasteiger partial charge in [0.2, 0.25) is 0 Å². The average molecular weight is 290 g/mol. The van der Waals surface area contributed by atoms with Crippen LogP contribution in [-0.2, 0) is 12.8 Å². The van der Waals surface area contributed by atoms with E-state index >= 15 is 0 Å². The first-order valence-corrected chi connectivity index (χ1v) is 8.52. The van der Waals surface area contributed by atoms with Crippen molar-refractivity contribution in [2.24, 2.45) is 0 Å². The monoisotopic (exact) mass is 290 g/mol. The summed E-state index contributed by atoms with van der Waals surface area (Å²) in [7, 11) is 4.44. The third-order valence-corrected chi connectivity index (χ3v) is 5.09. The van der Waals surface area contributed by atoms with Crippen LogP contribution < -0.4 is 5.32 Å². The molecule has 0 spiro atoms. The van der Waals surface area contributed by atoms with Gasteiger partial charge in [0, 0.05) is 11.6 Å². The highest BCUT2D eigenvalue weighted by atomic mass is 15.2. The highest BCUT2D eigenvalue weighted by Crippen LogP contribution is 2.28. The number of likely N-dealkylation sites (N-methyl/N-ethyl adjacent to an activating group) is 2. The van der Waals surface area contributed by atoms with Crippen molar-refractivity contribution in [3.05, 3.63) is 35.4 Å². The molecular formula is C19H34N2. The van der Waals surface area contributed by atoms with Gasteiger partial charge >= 0.3 is 0 Å². The Hall–Kier alpha value is -0.860. The zero-order valence-corrected chi connectivity index (χ0v) is 14.9. The van der Waals surface area contributed by atoms with E-state index in [4.69, 9.17) is 0 Å². The van der Waals surface area contributed by atoms with Gasteiger partial charge in [-0.3, -0.25) is 0 Å². The molecule has 0 aliphatic heterocycles. The second-order valence-corrected chi connectivity index (χ2v) is 6.19. The third kappa shape index (κ3) is 4.31. The summed E-state index contributed by atoms with van der Waals surface area (Å²) in [4.78, 5) is 2.42. The van der Waals surface area contributed by atoms with Crippen LogP contribution in [0.25, 0.3) is 0 Å². The van der Waals surface area contributed by atoms with Crippen molar-refractivity contribution < 1.29 is 0 Å². The van der Waals surface area contributed by atoms with E-state index in [0.717, 1.165) is 19.4 Å². The quantitative estimate of drug-likeness (QED) is 0.742. The lowest BCUT2D eigenvalue weighted by atomic mass is 9.80. The van der Waals surface area contributed by atoms with Crippen molar-refractivity contribution in [2.45, 2.75) is 65.0 Å². The largest absolute Gasteiger partial charge is 0.312 e. The van der Waals surface area contributed by atoms with Crippen molar-refractivity contribution in [3.8, 4) is 0 Å². The predicted molar refractivity (Wildman–Crippen MR) is 94.0 cm³/mol. The molecule has 2 nitrogen and oxygen atoms in total. The number of hydrogen-bond acceptors (Lipinski definition) is 2. The van der Waals surface area contributed by atoms with Crippen LogP contribution in [0.5, 0.6) is 0 Å². The van der Waals surface area contributed by atoms with Gasteiger partial charge in [0.15, 0.2) is 0 Å². The topological polar surface area (TPSA) is 15.3 Å². The van der Waals surface area contributed by atoms with Gasteiger partial charge in [-0.15, -0.1) is 0 Å². The fraction of sp³-hybridized carbons (Fsp3) is 0.684. The van der Waals surface area contributed by atoms with E-state index in [9.17, 15) is 0 Å². The molecule has 0 aliphatic carbocycles. The molecular weight excluding hydrogens is 256 g/mol. The number of hydrogen-bond donors (Lipinski definition) is 1. The molecule has 1 unspecified atom stereocenters. The zero-order valence-electron chi connectivity index (χ0n) is 14.9. The Balaban J connectivity index is 2.98. The number of nitrogens with one attached hydrogen (secondary N) is 1. The van der Waals surface area contributed by atoms with E-state index in [-0.39, 0.29) is 5.54 Å². The lowest BCUT2D eigenvalue weighted by molar-refractivity contribution is 0.0889. The van der Waals surface area contributed by atoms with Gasteiger partial charge in [-0.1, -0.05) is 52.0 Å². The van der Waals surface area contributed by atoms with E-state index in [1.807, 2.05) is 0 Å². The van der Waals surface area contributed by atoms with Crippen molar-refractivity contribution >= 4 is 0 Å². The third-order valence-electron chi connectivity index (χ3n) is 5.09. The van der Waals surface area contributed by atoms with Gasteiger partial charge < -0.3 is 10.2 Å². The summed E-state index contributed by atoms with van der Waals surface area (Å²) in [6.07, 6.45) is 4.54. The molecule has 0 heterocycles. The molecule has 0 radical (unpaired) electrons. The maximum Gasteiger partial charge on any atom is 0.0354 e. The Kier molecular flexibility index (Phi) is 7.41. The second kappa shape index (κ2) is 8.55. The SMILES string of the molecule is CCNC(Cc1ccc(CC)cc1)C(CC)(CC)N(C)C. The van der Waals surface area contributed by atoms with E-state index in [2.05, 4.69) is 76.3 Å². The summed E-state index contributed by atoms with van der Waals surface area (Å²) in [6, 6.07) is 9.63. The molecule has 0 saturated heterocycles.